The van der Waals surface area contributed by atoms with E-state index in [-0.39, 0.29) is 18.7 Å². The van der Waals surface area contributed by atoms with Crippen molar-refractivity contribution in [3.63, 3.8) is 0 Å². The molecule has 1 aliphatic heterocycles. The lowest BCUT2D eigenvalue weighted by atomic mass is 9.91. The van der Waals surface area contributed by atoms with Crippen molar-refractivity contribution in [3.05, 3.63) is 71.8 Å². The molecule has 1 saturated heterocycles. The highest BCUT2D eigenvalue weighted by molar-refractivity contribution is 7.85. The molecule has 0 aliphatic carbocycles. The van der Waals surface area contributed by atoms with Crippen molar-refractivity contribution in [2.75, 3.05) is 19.4 Å². The van der Waals surface area contributed by atoms with Crippen LogP contribution in [0.15, 0.2) is 60.7 Å². The van der Waals surface area contributed by atoms with Gasteiger partial charge in [-0.1, -0.05) is 60.7 Å². The average molecular weight is 331 g/mol. The number of nitrogens with zero attached hydrogens (tertiary/aromatic N) is 1. The van der Waals surface area contributed by atoms with Crippen molar-refractivity contribution in [1.82, 2.24) is 4.90 Å². The Balaban J connectivity index is 1.85. The Morgan fingerprint density at radius 1 is 1.04 bits per heavy atom. The Bertz CT molecular complexity index is 692. The van der Waals surface area contributed by atoms with E-state index in [1.54, 1.807) is 0 Å². The smallest absolute Gasteiger partial charge is 0.264 e. The zero-order valence-corrected chi connectivity index (χ0v) is 13.9. The first-order chi connectivity index (χ1) is 11.0. The summed E-state index contributed by atoms with van der Waals surface area (Å²) in [4.78, 5) is 2.32. The summed E-state index contributed by atoms with van der Waals surface area (Å²) in [6.45, 7) is 1.15. The van der Waals surface area contributed by atoms with E-state index in [4.69, 9.17) is 4.18 Å². The lowest BCUT2D eigenvalue weighted by molar-refractivity contribution is 0.0263. The summed E-state index contributed by atoms with van der Waals surface area (Å²) in [5.74, 6) is 0. The highest BCUT2D eigenvalue weighted by atomic mass is 32.2. The minimum Gasteiger partial charge on any atom is -0.287 e. The van der Waals surface area contributed by atoms with E-state index in [0.717, 1.165) is 19.2 Å². The summed E-state index contributed by atoms with van der Waals surface area (Å²) in [5, 5.41) is 0. The van der Waals surface area contributed by atoms with Gasteiger partial charge in [0.2, 0.25) is 0 Å². The number of hydrogen-bond donors (Lipinski definition) is 0. The van der Waals surface area contributed by atoms with E-state index >= 15 is 0 Å². The van der Waals surface area contributed by atoms with Crippen molar-refractivity contribution in [1.29, 1.82) is 0 Å². The quantitative estimate of drug-likeness (QED) is 0.764. The van der Waals surface area contributed by atoms with Crippen molar-refractivity contribution in [3.8, 4) is 0 Å². The molecule has 1 heterocycles. The minimum atomic E-state index is -3.40. The summed E-state index contributed by atoms with van der Waals surface area (Å²) < 4.78 is 27.5. The van der Waals surface area contributed by atoms with Crippen LogP contribution in [0.1, 0.15) is 23.6 Å². The first-order valence-corrected chi connectivity index (χ1v) is 9.56. The van der Waals surface area contributed by atoms with Gasteiger partial charge in [0.1, 0.15) is 0 Å². The van der Waals surface area contributed by atoms with Gasteiger partial charge in [-0.3, -0.25) is 9.08 Å². The predicted molar refractivity (Wildman–Crippen MR) is 90.6 cm³/mol. The van der Waals surface area contributed by atoms with Gasteiger partial charge in [-0.2, -0.15) is 8.42 Å². The molecular weight excluding hydrogens is 310 g/mol. The van der Waals surface area contributed by atoms with Crippen LogP contribution in [-0.2, 0) is 14.3 Å². The summed E-state index contributed by atoms with van der Waals surface area (Å²) in [6, 6.07) is 20.9. The van der Waals surface area contributed by atoms with Crippen LogP contribution in [-0.4, -0.2) is 38.8 Å². The molecule has 0 unspecified atom stereocenters. The van der Waals surface area contributed by atoms with Gasteiger partial charge >= 0.3 is 0 Å². The van der Waals surface area contributed by atoms with Gasteiger partial charge in [-0.25, -0.2) is 0 Å². The van der Waals surface area contributed by atoms with Crippen LogP contribution in [0.2, 0.25) is 0 Å². The average Bonchev–Trinajstić information content (AvgIpc) is 2.52. The van der Waals surface area contributed by atoms with Gasteiger partial charge in [-0.05, 0) is 17.5 Å². The normalized spacial score (nSPS) is 18.8. The molecule has 0 saturated carbocycles. The maximum Gasteiger partial charge on any atom is 0.264 e. The number of hydrogen-bond acceptors (Lipinski definition) is 4. The molecule has 4 nitrogen and oxygen atoms in total. The molecule has 0 aromatic heterocycles. The molecule has 1 aliphatic rings. The van der Waals surface area contributed by atoms with E-state index in [1.807, 2.05) is 36.4 Å². The fourth-order valence-corrected chi connectivity index (χ4v) is 3.43. The van der Waals surface area contributed by atoms with E-state index in [9.17, 15) is 8.42 Å². The molecule has 122 valence electrons. The first-order valence-electron chi connectivity index (χ1n) is 7.74. The van der Waals surface area contributed by atoms with Crippen molar-refractivity contribution < 1.29 is 12.6 Å². The van der Waals surface area contributed by atoms with E-state index in [2.05, 4.69) is 29.2 Å². The molecule has 0 radical (unpaired) electrons. The van der Waals surface area contributed by atoms with Crippen LogP contribution in [0.25, 0.3) is 0 Å². The summed E-state index contributed by atoms with van der Waals surface area (Å²) in [6.07, 6.45) is 2.05. The Kier molecular flexibility index (Phi) is 4.80. The molecule has 1 atom stereocenters. The van der Waals surface area contributed by atoms with Crippen LogP contribution in [0, 0.1) is 0 Å². The van der Waals surface area contributed by atoms with Crippen LogP contribution < -0.4 is 0 Å². The van der Waals surface area contributed by atoms with Crippen LogP contribution in [0.5, 0.6) is 0 Å². The molecule has 0 bridgehead atoms. The van der Waals surface area contributed by atoms with E-state index < -0.39 is 10.1 Å². The second kappa shape index (κ2) is 6.83. The molecule has 0 amide bonds. The van der Waals surface area contributed by atoms with Gasteiger partial charge in [0, 0.05) is 12.6 Å². The lowest BCUT2D eigenvalue weighted by Gasteiger charge is -2.46. The van der Waals surface area contributed by atoms with E-state index in [0.29, 0.717) is 0 Å². The summed E-state index contributed by atoms with van der Waals surface area (Å²) >= 11 is 0. The third-order valence-corrected chi connectivity index (χ3v) is 4.79. The highest BCUT2D eigenvalue weighted by Gasteiger charge is 2.36. The first kappa shape index (κ1) is 16.2. The molecule has 23 heavy (non-hydrogen) atoms. The summed E-state index contributed by atoms with van der Waals surface area (Å²) in [5.41, 5.74) is 2.42. The van der Waals surface area contributed by atoms with Gasteiger partial charge in [0.15, 0.2) is 0 Å². The van der Waals surface area contributed by atoms with Crippen LogP contribution in [0.4, 0.5) is 0 Å². The van der Waals surface area contributed by atoms with Crippen molar-refractivity contribution >= 4 is 10.1 Å². The van der Waals surface area contributed by atoms with Gasteiger partial charge < -0.3 is 0 Å². The lowest BCUT2D eigenvalue weighted by Crippen LogP contribution is -2.52. The monoisotopic (exact) mass is 331 g/mol. The fraction of sp³-hybridized carbons (Fsp3) is 0.333. The number of benzene rings is 2. The molecule has 0 N–H and O–H groups in total. The third-order valence-electron chi connectivity index (χ3n) is 4.23. The molecule has 2 aromatic rings. The van der Waals surface area contributed by atoms with Gasteiger partial charge in [-0.15, -0.1) is 0 Å². The Morgan fingerprint density at radius 2 is 1.57 bits per heavy atom. The minimum absolute atomic E-state index is 0.120. The second-order valence-electron chi connectivity index (χ2n) is 5.89. The molecule has 0 spiro atoms. The summed E-state index contributed by atoms with van der Waals surface area (Å²) in [7, 11) is -3.40. The molecule has 5 heteroatoms. The predicted octanol–water partition coefficient (Wildman–Crippen LogP) is 2.83. The van der Waals surface area contributed by atoms with Crippen LogP contribution in [0.3, 0.4) is 0 Å². The maximum absolute atomic E-state index is 11.3. The molecular formula is C18H21NO3S. The molecule has 3 rings (SSSR count). The van der Waals surface area contributed by atoms with Crippen molar-refractivity contribution in [2.24, 2.45) is 0 Å². The molecule has 1 fully saturated rings. The van der Waals surface area contributed by atoms with E-state index in [1.165, 1.54) is 11.1 Å². The highest BCUT2D eigenvalue weighted by Crippen LogP contribution is 2.35. The topological polar surface area (TPSA) is 46.6 Å². The zero-order valence-electron chi connectivity index (χ0n) is 13.1. The SMILES string of the molecule is CS(=O)(=O)OC[C@H]1CCN1C(c1ccccc1)c1ccccc1. The Labute approximate surface area is 137 Å². The Morgan fingerprint density at radius 3 is 1.96 bits per heavy atom. The van der Waals surface area contributed by atoms with Crippen molar-refractivity contribution in [2.45, 2.75) is 18.5 Å². The number of likely N-dealkylation sites (tertiary alicyclic amines) is 1. The molecule has 2 aromatic carbocycles. The fourth-order valence-electron chi connectivity index (χ4n) is 3.03. The third kappa shape index (κ3) is 3.99. The zero-order chi connectivity index (χ0) is 16.3. The largest absolute Gasteiger partial charge is 0.287 e. The second-order valence-corrected chi connectivity index (χ2v) is 7.54. The standard InChI is InChI=1S/C18H21NO3S/c1-23(20,21)22-14-17-12-13-19(17)18(15-8-4-2-5-9-15)16-10-6-3-7-11-16/h2-11,17-18H,12-14H2,1H3/t17-/m1/s1. The van der Waals surface area contributed by atoms with Crippen LogP contribution >= 0.6 is 0 Å². The van der Waals surface area contributed by atoms with Gasteiger partial charge in [0.05, 0.1) is 18.9 Å². The Hall–Kier alpha value is -1.69. The van der Waals surface area contributed by atoms with Gasteiger partial charge in [0.25, 0.3) is 10.1 Å². The number of rotatable bonds is 6. The maximum atomic E-state index is 11.3.